The number of hydrogen-bond donors (Lipinski definition) is 4. The SMILES string of the molecule is Cc1cccc(NC(=O)NCC(=O)NC2CCC(C(=O)O)CC2)c1. The molecule has 1 aromatic rings. The molecular formula is C17H23N3O4. The third-order valence-electron chi connectivity index (χ3n) is 4.13. The maximum Gasteiger partial charge on any atom is 0.319 e. The lowest BCUT2D eigenvalue weighted by Crippen LogP contribution is -2.44. The molecule has 0 spiro atoms. The Labute approximate surface area is 140 Å². The van der Waals surface area contributed by atoms with E-state index in [4.69, 9.17) is 5.11 Å². The predicted octanol–water partition coefficient (Wildman–Crippen LogP) is 1.88. The van der Waals surface area contributed by atoms with Gasteiger partial charge in [-0.25, -0.2) is 4.79 Å². The molecule has 0 aliphatic heterocycles. The van der Waals surface area contributed by atoms with E-state index in [-0.39, 0.29) is 24.4 Å². The topological polar surface area (TPSA) is 108 Å². The molecule has 4 N–H and O–H groups in total. The predicted molar refractivity (Wildman–Crippen MR) is 89.7 cm³/mol. The fraction of sp³-hybridized carbons (Fsp3) is 0.471. The van der Waals surface area contributed by atoms with Crippen LogP contribution >= 0.6 is 0 Å². The standard InChI is InChI=1S/C17H23N3O4/c1-11-3-2-4-14(9-11)20-17(24)18-10-15(21)19-13-7-5-12(6-8-13)16(22)23/h2-4,9,12-13H,5-8,10H2,1H3,(H,19,21)(H,22,23)(H2,18,20,24). The number of hydrogen-bond acceptors (Lipinski definition) is 3. The minimum Gasteiger partial charge on any atom is -0.481 e. The Morgan fingerprint density at radius 2 is 1.88 bits per heavy atom. The number of aliphatic carboxylic acids is 1. The van der Waals surface area contributed by atoms with Gasteiger partial charge in [0.2, 0.25) is 5.91 Å². The first-order valence-corrected chi connectivity index (χ1v) is 8.07. The van der Waals surface area contributed by atoms with Crippen LogP contribution in [0.15, 0.2) is 24.3 Å². The molecule has 2 rings (SSSR count). The smallest absolute Gasteiger partial charge is 0.319 e. The van der Waals surface area contributed by atoms with Gasteiger partial charge in [-0.2, -0.15) is 0 Å². The van der Waals surface area contributed by atoms with Gasteiger partial charge in [-0.1, -0.05) is 12.1 Å². The maximum atomic E-state index is 11.9. The molecule has 0 saturated heterocycles. The first-order chi connectivity index (χ1) is 11.4. The van der Waals surface area contributed by atoms with E-state index in [2.05, 4.69) is 16.0 Å². The highest BCUT2D eigenvalue weighted by atomic mass is 16.4. The Morgan fingerprint density at radius 1 is 1.17 bits per heavy atom. The van der Waals surface area contributed by atoms with Crippen molar-refractivity contribution in [2.75, 3.05) is 11.9 Å². The van der Waals surface area contributed by atoms with Crippen molar-refractivity contribution in [2.45, 2.75) is 38.6 Å². The van der Waals surface area contributed by atoms with Crippen molar-refractivity contribution in [1.82, 2.24) is 10.6 Å². The molecule has 0 bridgehead atoms. The molecule has 0 heterocycles. The zero-order valence-corrected chi connectivity index (χ0v) is 13.7. The van der Waals surface area contributed by atoms with E-state index in [9.17, 15) is 14.4 Å². The monoisotopic (exact) mass is 333 g/mol. The van der Waals surface area contributed by atoms with Crippen molar-refractivity contribution in [3.8, 4) is 0 Å². The lowest BCUT2D eigenvalue weighted by atomic mass is 9.86. The Bertz CT molecular complexity index is 610. The molecule has 24 heavy (non-hydrogen) atoms. The van der Waals surface area contributed by atoms with Gasteiger partial charge in [0.1, 0.15) is 0 Å². The Kier molecular flexibility index (Phi) is 6.17. The van der Waals surface area contributed by atoms with E-state index in [1.165, 1.54) is 0 Å². The van der Waals surface area contributed by atoms with Gasteiger partial charge in [-0.3, -0.25) is 9.59 Å². The van der Waals surface area contributed by atoms with Gasteiger partial charge in [0.25, 0.3) is 0 Å². The molecule has 0 unspecified atom stereocenters. The number of rotatable bonds is 5. The summed E-state index contributed by atoms with van der Waals surface area (Å²) in [4.78, 5) is 34.5. The van der Waals surface area contributed by atoms with Gasteiger partial charge in [-0.05, 0) is 50.3 Å². The lowest BCUT2D eigenvalue weighted by molar-refractivity contribution is -0.142. The van der Waals surface area contributed by atoms with Crippen LogP contribution in [0.4, 0.5) is 10.5 Å². The number of carboxylic acid groups (broad SMARTS) is 1. The van der Waals surface area contributed by atoms with Crippen molar-refractivity contribution >= 4 is 23.6 Å². The van der Waals surface area contributed by atoms with Crippen LogP contribution in [-0.2, 0) is 9.59 Å². The average molecular weight is 333 g/mol. The number of carbonyl (C=O) groups is 3. The van der Waals surface area contributed by atoms with Crippen LogP contribution in [0.3, 0.4) is 0 Å². The molecule has 1 aromatic carbocycles. The van der Waals surface area contributed by atoms with Crippen molar-refractivity contribution in [3.63, 3.8) is 0 Å². The van der Waals surface area contributed by atoms with E-state index in [0.717, 1.165) is 5.56 Å². The van der Waals surface area contributed by atoms with Crippen molar-refractivity contribution in [2.24, 2.45) is 5.92 Å². The van der Waals surface area contributed by atoms with Gasteiger partial charge in [0, 0.05) is 11.7 Å². The molecule has 130 valence electrons. The molecule has 1 fully saturated rings. The zero-order chi connectivity index (χ0) is 17.5. The van der Waals surface area contributed by atoms with Gasteiger partial charge < -0.3 is 21.1 Å². The Morgan fingerprint density at radius 3 is 2.50 bits per heavy atom. The molecule has 1 aliphatic rings. The number of carbonyl (C=O) groups excluding carboxylic acids is 2. The molecule has 1 saturated carbocycles. The number of aryl methyl sites for hydroxylation is 1. The van der Waals surface area contributed by atoms with Crippen LogP contribution in [0.2, 0.25) is 0 Å². The third-order valence-corrected chi connectivity index (χ3v) is 4.13. The van der Waals surface area contributed by atoms with Crippen LogP contribution in [0.1, 0.15) is 31.2 Å². The van der Waals surface area contributed by atoms with Crippen LogP contribution < -0.4 is 16.0 Å². The fourth-order valence-electron chi connectivity index (χ4n) is 2.82. The van der Waals surface area contributed by atoms with Crippen molar-refractivity contribution in [1.29, 1.82) is 0 Å². The fourth-order valence-corrected chi connectivity index (χ4v) is 2.82. The number of benzene rings is 1. The van der Waals surface area contributed by atoms with Gasteiger partial charge in [0.05, 0.1) is 12.5 Å². The highest BCUT2D eigenvalue weighted by molar-refractivity contribution is 5.92. The van der Waals surface area contributed by atoms with Gasteiger partial charge in [-0.15, -0.1) is 0 Å². The summed E-state index contributed by atoms with van der Waals surface area (Å²) < 4.78 is 0. The largest absolute Gasteiger partial charge is 0.481 e. The highest BCUT2D eigenvalue weighted by Gasteiger charge is 2.26. The first kappa shape index (κ1) is 17.8. The van der Waals surface area contributed by atoms with Gasteiger partial charge >= 0.3 is 12.0 Å². The minimum absolute atomic E-state index is 0.0188. The van der Waals surface area contributed by atoms with Crippen molar-refractivity contribution in [3.05, 3.63) is 29.8 Å². The number of amides is 3. The summed E-state index contributed by atoms with van der Waals surface area (Å²) in [7, 11) is 0. The molecular weight excluding hydrogens is 310 g/mol. The Balaban J connectivity index is 1.68. The zero-order valence-electron chi connectivity index (χ0n) is 13.7. The van der Waals surface area contributed by atoms with E-state index in [1.807, 2.05) is 25.1 Å². The molecule has 3 amide bonds. The summed E-state index contributed by atoms with van der Waals surface area (Å²) in [6, 6.07) is 6.91. The summed E-state index contributed by atoms with van der Waals surface area (Å²) in [6.07, 6.45) is 2.44. The van der Waals surface area contributed by atoms with E-state index in [1.54, 1.807) is 6.07 Å². The van der Waals surface area contributed by atoms with Crippen LogP contribution in [0.25, 0.3) is 0 Å². The normalized spacial score (nSPS) is 20.0. The molecule has 1 aliphatic carbocycles. The Hall–Kier alpha value is -2.57. The highest BCUT2D eigenvalue weighted by Crippen LogP contribution is 2.24. The van der Waals surface area contributed by atoms with E-state index in [0.29, 0.717) is 31.4 Å². The second kappa shape index (κ2) is 8.33. The lowest BCUT2D eigenvalue weighted by Gasteiger charge is -2.26. The van der Waals surface area contributed by atoms with E-state index < -0.39 is 12.0 Å². The first-order valence-electron chi connectivity index (χ1n) is 8.07. The van der Waals surface area contributed by atoms with E-state index >= 15 is 0 Å². The quantitative estimate of drug-likeness (QED) is 0.660. The summed E-state index contributed by atoms with van der Waals surface area (Å²) in [5.74, 6) is -1.35. The van der Waals surface area contributed by atoms with Crippen LogP contribution in [0, 0.1) is 12.8 Å². The minimum atomic E-state index is -0.769. The summed E-state index contributed by atoms with van der Waals surface area (Å²) >= 11 is 0. The third kappa shape index (κ3) is 5.57. The molecule has 7 heteroatoms. The summed E-state index contributed by atoms with van der Waals surface area (Å²) in [6.45, 7) is 1.81. The summed E-state index contributed by atoms with van der Waals surface area (Å²) in [5, 5.41) is 17.0. The maximum absolute atomic E-state index is 11.9. The van der Waals surface area contributed by atoms with Crippen LogP contribution in [0.5, 0.6) is 0 Å². The summed E-state index contributed by atoms with van der Waals surface area (Å²) in [5.41, 5.74) is 1.70. The van der Waals surface area contributed by atoms with Crippen molar-refractivity contribution < 1.29 is 19.5 Å². The van der Waals surface area contributed by atoms with Gasteiger partial charge in [0.15, 0.2) is 0 Å². The second-order valence-electron chi connectivity index (χ2n) is 6.13. The molecule has 0 radical (unpaired) electrons. The second-order valence-corrected chi connectivity index (χ2v) is 6.13. The number of nitrogens with one attached hydrogen (secondary N) is 3. The number of urea groups is 1. The average Bonchev–Trinajstić information content (AvgIpc) is 2.53. The molecule has 0 atom stereocenters. The van der Waals surface area contributed by atoms with Crippen LogP contribution in [-0.4, -0.2) is 35.6 Å². The number of carboxylic acids is 1. The molecule has 0 aromatic heterocycles. The number of anilines is 1. The molecule has 7 nitrogen and oxygen atoms in total.